The lowest BCUT2D eigenvalue weighted by molar-refractivity contribution is 0.0974. The highest BCUT2D eigenvalue weighted by Gasteiger charge is 2.38. The van der Waals surface area contributed by atoms with Gasteiger partial charge in [-0.1, -0.05) is 41.5 Å². The first-order chi connectivity index (χ1) is 7.12. The minimum Gasteiger partial charge on any atom is -0.381 e. The molecule has 96 valence electrons. The molecule has 0 N–H and O–H groups in total. The van der Waals surface area contributed by atoms with Crippen LogP contribution in [-0.2, 0) is 4.74 Å². The molecule has 1 unspecified atom stereocenters. The van der Waals surface area contributed by atoms with Gasteiger partial charge in [0.1, 0.15) is 0 Å². The van der Waals surface area contributed by atoms with Gasteiger partial charge in [-0.05, 0) is 41.9 Å². The lowest BCUT2D eigenvalue weighted by atomic mass is 9.69. The van der Waals surface area contributed by atoms with Gasteiger partial charge in [-0.25, -0.2) is 0 Å². The minimum absolute atomic E-state index is 0.422. The molecule has 16 heavy (non-hydrogen) atoms. The molecule has 0 aromatic rings. The molecule has 1 fully saturated rings. The molecule has 0 aromatic carbocycles. The van der Waals surface area contributed by atoms with Gasteiger partial charge in [0.25, 0.3) is 0 Å². The van der Waals surface area contributed by atoms with Crippen LogP contribution in [0.15, 0.2) is 0 Å². The summed E-state index contributed by atoms with van der Waals surface area (Å²) in [6.07, 6.45) is 5.20. The summed E-state index contributed by atoms with van der Waals surface area (Å²) < 4.78 is 5.67. The van der Waals surface area contributed by atoms with Crippen molar-refractivity contribution < 1.29 is 4.74 Å². The van der Waals surface area contributed by atoms with Crippen molar-refractivity contribution in [2.75, 3.05) is 13.2 Å². The zero-order valence-electron chi connectivity index (χ0n) is 12.2. The van der Waals surface area contributed by atoms with E-state index in [1.807, 2.05) is 0 Å². The van der Waals surface area contributed by atoms with Crippen molar-refractivity contribution in [1.29, 1.82) is 0 Å². The molecule has 0 amide bonds. The second-order valence-corrected chi connectivity index (χ2v) is 8.10. The largest absolute Gasteiger partial charge is 0.381 e. The summed E-state index contributed by atoms with van der Waals surface area (Å²) in [5.41, 5.74) is 1.34. The number of hydrogen-bond acceptors (Lipinski definition) is 1. The van der Waals surface area contributed by atoms with Gasteiger partial charge in [-0.3, -0.25) is 0 Å². The molecule has 0 aromatic heterocycles. The quantitative estimate of drug-likeness (QED) is 0.680. The van der Waals surface area contributed by atoms with Crippen molar-refractivity contribution in [3.05, 3.63) is 0 Å². The third-order valence-corrected chi connectivity index (χ3v) is 3.50. The van der Waals surface area contributed by atoms with Crippen LogP contribution < -0.4 is 0 Å². The molecule has 1 rings (SSSR count). The molecule has 1 atom stereocenters. The summed E-state index contributed by atoms with van der Waals surface area (Å²) in [5.74, 6) is 0. The van der Waals surface area contributed by atoms with Crippen LogP contribution in [0.25, 0.3) is 0 Å². The monoisotopic (exact) mass is 226 g/mol. The van der Waals surface area contributed by atoms with E-state index in [0.29, 0.717) is 16.2 Å². The Balaban J connectivity index is 2.59. The molecular formula is C15H30O. The molecule has 1 nitrogen and oxygen atoms in total. The van der Waals surface area contributed by atoms with Crippen molar-refractivity contribution in [3.8, 4) is 0 Å². The van der Waals surface area contributed by atoms with Crippen LogP contribution in [0.3, 0.4) is 0 Å². The first-order valence-corrected chi connectivity index (χ1v) is 6.70. The maximum atomic E-state index is 5.67. The Bertz CT molecular complexity index is 211. The van der Waals surface area contributed by atoms with Crippen LogP contribution in [0.4, 0.5) is 0 Å². The zero-order valence-corrected chi connectivity index (χ0v) is 12.2. The molecule has 1 heterocycles. The summed E-state index contributed by atoms with van der Waals surface area (Å²) in [6, 6.07) is 0. The van der Waals surface area contributed by atoms with Crippen LogP contribution in [0.5, 0.6) is 0 Å². The summed E-state index contributed by atoms with van der Waals surface area (Å²) in [4.78, 5) is 0. The molecule has 0 radical (unpaired) electrons. The number of rotatable bonds is 3. The van der Waals surface area contributed by atoms with E-state index in [4.69, 9.17) is 4.74 Å². The van der Waals surface area contributed by atoms with Gasteiger partial charge >= 0.3 is 0 Å². The van der Waals surface area contributed by atoms with Crippen molar-refractivity contribution in [1.82, 2.24) is 0 Å². The van der Waals surface area contributed by atoms with Crippen LogP contribution in [0.2, 0.25) is 0 Å². The fourth-order valence-electron chi connectivity index (χ4n) is 2.84. The van der Waals surface area contributed by atoms with E-state index < -0.39 is 0 Å². The SMILES string of the molecule is CC(C)(C)CCC1(CC(C)(C)C)CCOC1. The normalized spacial score (nSPS) is 27.4. The third kappa shape index (κ3) is 4.86. The van der Waals surface area contributed by atoms with E-state index >= 15 is 0 Å². The molecule has 1 heteroatoms. The minimum atomic E-state index is 0.422. The van der Waals surface area contributed by atoms with E-state index in [1.54, 1.807) is 0 Å². The highest BCUT2D eigenvalue weighted by Crippen LogP contribution is 2.45. The Labute approximate surface area is 102 Å². The van der Waals surface area contributed by atoms with Crippen LogP contribution in [-0.4, -0.2) is 13.2 Å². The maximum absolute atomic E-state index is 5.67. The molecule has 1 aliphatic rings. The highest BCUT2D eigenvalue weighted by atomic mass is 16.5. The van der Waals surface area contributed by atoms with Gasteiger partial charge in [0, 0.05) is 6.61 Å². The van der Waals surface area contributed by atoms with E-state index in [0.717, 1.165) is 13.2 Å². The Kier molecular flexibility index (Phi) is 4.10. The van der Waals surface area contributed by atoms with Gasteiger partial charge in [-0.2, -0.15) is 0 Å². The van der Waals surface area contributed by atoms with Crippen molar-refractivity contribution in [3.63, 3.8) is 0 Å². The van der Waals surface area contributed by atoms with E-state index in [1.165, 1.54) is 25.7 Å². The average molecular weight is 226 g/mol. The van der Waals surface area contributed by atoms with Crippen LogP contribution in [0.1, 0.15) is 67.2 Å². The predicted molar refractivity (Wildman–Crippen MR) is 70.6 cm³/mol. The molecular weight excluding hydrogens is 196 g/mol. The van der Waals surface area contributed by atoms with Gasteiger partial charge < -0.3 is 4.74 Å². The fraction of sp³-hybridized carbons (Fsp3) is 1.00. The predicted octanol–water partition coefficient (Wildman–Crippen LogP) is 4.66. The Morgan fingerprint density at radius 3 is 2.00 bits per heavy atom. The molecule has 1 aliphatic heterocycles. The molecule has 0 saturated carbocycles. The second kappa shape index (κ2) is 4.68. The topological polar surface area (TPSA) is 9.23 Å². The Morgan fingerprint density at radius 1 is 1.00 bits per heavy atom. The van der Waals surface area contributed by atoms with Crippen LogP contribution in [0, 0.1) is 16.2 Å². The van der Waals surface area contributed by atoms with Crippen LogP contribution >= 0.6 is 0 Å². The summed E-state index contributed by atoms with van der Waals surface area (Å²) in [6.45, 7) is 16.0. The lowest BCUT2D eigenvalue weighted by Gasteiger charge is -2.36. The van der Waals surface area contributed by atoms with E-state index in [9.17, 15) is 0 Å². The maximum Gasteiger partial charge on any atom is 0.0523 e. The molecule has 0 spiro atoms. The van der Waals surface area contributed by atoms with E-state index in [-0.39, 0.29) is 0 Å². The first-order valence-electron chi connectivity index (χ1n) is 6.70. The average Bonchev–Trinajstić information content (AvgIpc) is 2.46. The van der Waals surface area contributed by atoms with Gasteiger partial charge in [0.05, 0.1) is 6.61 Å². The third-order valence-electron chi connectivity index (χ3n) is 3.50. The van der Waals surface area contributed by atoms with Crippen molar-refractivity contribution in [2.45, 2.75) is 67.2 Å². The summed E-state index contributed by atoms with van der Waals surface area (Å²) in [7, 11) is 0. The van der Waals surface area contributed by atoms with Gasteiger partial charge in [-0.15, -0.1) is 0 Å². The Hall–Kier alpha value is -0.0400. The van der Waals surface area contributed by atoms with Gasteiger partial charge in [0.15, 0.2) is 0 Å². The summed E-state index contributed by atoms with van der Waals surface area (Å²) >= 11 is 0. The smallest absolute Gasteiger partial charge is 0.0523 e. The summed E-state index contributed by atoms with van der Waals surface area (Å²) in [5, 5.41) is 0. The highest BCUT2D eigenvalue weighted by molar-refractivity contribution is 4.88. The van der Waals surface area contributed by atoms with E-state index in [2.05, 4.69) is 41.5 Å². The first kappa shape index (κ1) is 14.0. The second-order valence-electron chi connectivity index (χ2n) is 8.10. The van der Waals surface area contributed by atoms with Gasteiger partial charge in [0.2, 0.25) is 0 Å². The molecule has 0 aliphatic carbocycles. The van der Waals surface area contributed by atoms with Crippen molar-refractivity contribution >= 4 is 0 Å². The molecule has 1 saturated heterocycles. The Morgan fingerprint density at radius 2 is 1.62 bits per heavy atom. The zero-order chi connectivity index (χ0) is 12.4. The molecule has 0 bridgehead atoms. The number of ether oxygens (including phenoxy) is 1. The fourth-order valence-corrected chi connectivity index (χ4v) is 2.84. The standard InChI is InChI=1S/C15H30O/c1-13(2,3)7-8-15(9-10-16-12-15)11-14(4,5)6/h7-12H2,1-6H3. The van der Waals surface area contributed by atoms with Crippen molar-refractivity contribution in [2.24, 2.45) is 16.2 Å². The number of hydrogen-bond donors (Lipinski definition) is 0. The lowest BCUT2D eigenvalue weighted by Crippen LogP contribution is -2.28.